The quantitative estimate of drug-likeness (QED) is 0.785. The van der Waals surface area contributed by atoms with E-state index in [1.54, 1.807) is 7.11 Å². The molecule has 0 aliphatic carbocycles. The van der Waals surface area contributed by atoms with Crippen LogP contribution in [0.3, 0.4) is 0 Å². The summed E-state index contributed by atoms with van der Waals surface area (Å²) in [5, 5.41) is 5.32. The number of benzene rings is 1. The Morgan fingerprint density at radius 3 is 2.50 bits per heavy atom. The van der Waals surface area contributed by atoms with E-state index in [0.717, 1.165) is 57.9 Å². The second-order valence-corrected chi connectivity index (χ2v) is 5.71. The first-order valence-corrected chi connectivity index (χ1v) is 7.51. The van der Waals surface area contributed by atoms with Gasteiger partial charge in [-0.3, -0.25) is 0 Å². The van der Waals surface area contributed by atoms with Crippen LogP contribution in [0, 0.1) is 13.8 Å². The number of fused-ring (bicyclic) bond motifs is 2. The fourth-order valence-electron chi connectivity index (χ4n) is 3.28. The van der Waals surface area contributed by atoms with Gasteiger partial charge < -0.3 is 23.6 Å². The molecule has 1 aliphatic rings. The second kappa shape index (κ2) is 5.04. The Labute approximate surface area is 128 Å². The third kappa shape index (κ3) is 1.93. The van der Waals surface area contributed by atoms with E-state index in [9.17, 15) is 0 Å². The number of furan rings is 2. The van der Waals surface area contributed by atoms with E-state index in [2.05, 4.69) is 5.32 Å². The highest BCUT2D eigenvalue weighted by Crippen LogP contribution is 2.44. The van der Waals surface area contributed by atoms with Crippen molar-refractivity contribution in [1.29, 1.82) is 0 Å². The lowest BCUT2D eigenvalue weighted by Crippen LogP contribution is -2.33. The monoisotopic (exact) mass is 301 g/mol. The van der Waals surface area contributed by atoms with Crippen LogP contribution in [0.2, 0.25) is 0 Å². The van der Waals surface area contributed by atoms with Crippen molar-refractivity contribution in [3.05, 3.63) is 29.2 Å². The Bertz CT molecular complexity index is 782. The molecule has 1 aromatic carbocycles. The molecule has 5 nitrogen and oxygen atoms in total. The maximum Gasteiger partial charge on any atom is 0.177 e. The van der Waals surface area contributed by atoms with E-state index in [1.807, 2.05) is 26.0 Å². The van der Waals surface area contributed by atoms with E-state index < -0.39 is 0 Å². The molecule has 2 aromatic heterocycles. The van der Waals surface area contributed by atoms with E-state index >= 15 is 0 Å². The molecule has 0 radical (unpaired) electrons. The molecule has 3 aromatic rings. The van der Waals surface area contributed by atoms with Crippen molar-refractivity contribution in [2.75, 3.05) is 26.8 Å². The van der Waals surface area contributed by atoms with Crippen molar-refractivity contribution in [3.63, 3.8) is 0 Å². The van der Waals surface area contributed by atoms with Gasteiger partial charge >= 0.3 is 0 Å². The number of rotatable bonds is 2. The molecule has 0 bridgehead atoms. The molecule has 0 spiro atoms. The number of morpholine rings is 1. The SMILES string of the molecule is COc1c2cc(C)oc2c(C2CNCCO2)c2cc(C)oc12. The molecule has 1 N–H and O–H groups in total. The lowest BCUT2D eigenvalue weighted by molar-refractivity contribution is 0.0289. The van der Waals surface area contributed by atoms with E-state index in [-0.39, 0.29) is 6.10 Å². The normalized spacial score (nSPS) is 19.1. The summed E-state index contributed by atoms with van der Waals surface area (Å²) in [7, 11) is 1.66. The highest BCUT2D eigenvalue weighted by molar-refractivity contribution is 6.05. The van der Waals surface area contributed by atoms with E-state index in [4.69, 9.17) is 18.3 Å². The minimum absolute atomic E-state index is 0.0489. The summed E-state index contributed by atoms with van der Waals surface area (Å²) in [4.78, 5) is 0. The zero-order valence-electron chi connectivity index (χ0n) is 13.0. The largest absolute Gasteiger partial charge is 0.492 e. The van der Waals surface area contributed by atoms with Crippen molar-refractivity contribution < 1.29 is 18.3 Å². The zero-order valence-corrected chi connectivity index (χ0v) is 13.0. The van der Waals surface area contributed by atoms with Gasteiger partial charge in [-0.1, -0.05) is 0 Å². The number of aryl methyl sites for hydroxylation is 2. The van der Waals surface area contributed by atoms with E-state index in [1.165, 1.54) is 0 Å². The van der Waals surface area contributed by atoms with Gasteiger partial charge in [0.25, 0.3) is 0 Å². The average molecular weight is 301 g/mol. The first kappa shape index (κ1) is 13.7. The van der Waals surface area contributed by atoms with Crippen LogP contribution in [-0.4, -0.2) is 26.8 Å². The van der Waals surface area contributed by atoms with Gasteiger partial charge in [0.05, 0.1) is 25.2 Å². The molecule has 0 saturated carbocycles. The van der Waals surface area contributed by atoms with Crippen LogP contribution in [0.1, 0.15) is 23.2 Å². The number of ether oxygens (including phenoxy) is 2. The number of nitrogens with one attached hydrogen (secondary N) is 1. The molecule has 1 saturated heterocycles. The van der Waals surface area contributed by atoms with Gasteiger partial charge in [-0.05, 0) is 26.0 Å². The molecule has 116 valence electrons. The predicted octanol–water partition coefficient (Wildman–Crippen LogP) is 3.47. The summed E-state index contributed by atoms with van der Waals surface area (Å²) in [6, 6.07) is 4.02. The predicted molar refractivity (Wildman–Crippen MR) is 83.6 cm³/mol. The van der Waals surface area contributed by atoms with Gasteiger partial charge in [-0.2, -0.15) is 0 Å². The number of hydrogen-bond donors (Lipinski definition) is 1. The van der Waals surface area contributed by atoms with Crippen molar-refractivity contribution in [3.8, 4) is 5.75 Å². The molecule has 1 atom stereocenters. The fourth-order valence-corrected chi connectivity index (χ4v) is 3.28. The second-order valence-electron chi connectivity index (χ2n) is 5.71. The van der Waals surface area contributed by atoms with Gasteiger partial charge in [0, 0.05) is 24.0 Å². The molecule has 22 heavy (non-hydrogen) atoms. The number of methoxy groups -OCH3 is 1. The van der Waals surface area contributed by atoms with Crippen molar-refractivity contribution in [2.24, 2.45) is 0 Å². The van der Waals surface area contributed by atoms with Crippen LogP contribution in [0.25, 0.3) is 21.9 Å². The minimum Gasteiger partial charge on any atom is -0.492 e. The molecule has 1 fully saturated rings. The van der Waals surface area contributed by atoms with Crippen LogP contribution in [-0.2, 0) is 4.74 Å². The third-order valence-electron chi connectivity index (χ3n) is 4.15. The highest BCUT2D eigenvalue weighted by atomic mass is 16.5. The molecule has 1 unspecified atom stereocenters. The highest BCUT2D eigenvalue weighted by Gasteiger charge is 2.28. The molecule has 5 heteroatoms. The lowest BCUT2D eigenvalue weighted by Gasteiger charge is -2.24. The van der Waals surface area contributed by atoms with Gasteiger partial charge in [0.2, 0.25) is 0 Å². The zero-order chi connectivity index (χ0) is 15.3. The molecule has 0 amide bonds. The van der Waals surface area contributed by atoms with Crippen molar-refractivity contribution in [2.45, 2.75) is 20.0 Å². The van der Waals surface area contributed by atoms with Crippen LogP contribution in [0.4, 0.5) is 0 Å². The summed E-state index contributed by atoms with van der Waals surface area (Å²) in [5.74, 6) is 2.42. The lowest BCUT2D eigenvalue weighted by atomic mass is 10.00. The van der Waals surface area contributed by atoms with Gasteiger partial charge in [0.1, 0.15) is 17.1 Å². The van der Waals surface area contributed by atoms with Crippen molar-refractivity contribution in [1.82, 2.24) is 5.32 Å². The van der Waals surface area contributed by atoms with Crippen LogP contribution in [0.5, 0.6) is 5.75 Å². The van der Waals surface area contributed by atoms with Crippen molar-refractivity contribution >= 4 is 21.9 Å². The van der Waals surface area contributed by atoms with Crippen LogP contribution >= 0.6 is 0 Å². The molecular formula is C17H19NO4. The van der Waals surface area contributed by atoms with Gasteiger partial charge in [-0.25, -0.2) is 0 Å². The molecular weight excluding hydrogens is 282 g/mol. The summed E-state index contributed by atoms with van der Waals surface area (Å²) >= 11 is 0. The summed E-state index contributed by atoms with van der Waals surface area (Å²) < 4.78 is 23.4. The Morgan fingerprint density at radius 1 is 1.09 bits per heavy atom. The summed E-state index contributed by atoms with van der Waals surface area (Å²) in [6.07, 6.45) is -0.0489. The first-order valence-electron chi connectivity index (χ1n) is 7.51. The summed E-state index contributed by atoms with van der Waals surface area (Å²) in [5.41, 5.74) is 2.64. The number of hydrogen-bond acceptors (Lipinski definition) is 5. The smallest absolute Gasteiger partial charge is 0.177 e. The Morgan fingerprint density at radius 2 is 1.82 bits per heavy atom. The Balaban J connectivity index is 2.10. The standard InChI is InChI=1S/C17H19NO4/c1-9-6-11-14(13-8-18-4-5-20-13)15-12(7-10(2)21-15)16(19-3)17(11)22-9/h6-7,13,18H,4-5,8H2,1-3H3. The fraction of sp³-hybridized carbons (Fsp3) is 0.412. The Kier molecular flexibility index (Phi) is 3.13. The molecule has 3 heterocycles. The van der Waals surface area contributed by atoms with Gasteiger partial charge in [0.15, 0.2) is 11.3 Å². The molecule has 4 rings (SSSR count). The first-order chi connectivity index (χ1) is 10.7. The topological polar surface area (TPSA) is 56.8 Å². The summed E-state index contributed by atoms with van der Waals surface area (Å²) in [6.45, 7) is 6.21. The average Bonchev–Trinajstić information content (AvgIpc) is 3.07. The van der Waals surface area contributed by atoms with Crippen LogP contribution < -0.4 is 10.1 Å². The third-order valence-corrected chi connectivity index (χ3v) is 4.15. The maximum atomic E-state index is 5.98. The van der Waals surface area contributed by atoms with Crippen LogP contribution in [0.15, 0.2) is 21.0 Å². The van der Waals surface area contributed by atoms with Gasteiger partial charge in [-0.15, -0.1) is 0 Å². The maximum absolute atomic E-state index is 5.98. The van der Waals surface area contributed by atoms with E-state index in [0.29, 0.717) is 6.61 Å². The Hall–Kier alpha value is -1.98. The molecule has 1 aliphatic heterocycles. The minimum atomic E-state index is -0.0489.